The van der Waals surface area contributed by atoms with Crippen LogP contribution in [0.3, 0.4) is 0 Å². The van der Waals surface area contributed by atoms with Crippen molar-refractivity contribution in [2.24, 2.45) is 0 Å². The first kappa shape index (κ1) is 62.5. The Hall–Kier alpha value is -5.69. The molecule has 428 valence electrons. The number of hydrogen-bond acceptors (Lipinski definition) is 20. The summed E-state index contributed by atoms with van der Waals surface area (Å²) in [6.07, 6.45) is 10.5. The number of ether oxygens (including phenoxy) is 2. The lowest BCUT2D eigenvalue weighted by Gasteiger charge is -2.35. The van der Waals surface area contributed by atoms with Gasteiger partial charge in [-0.1, -0.05) is 35.3 Å². The Kier molecular flexibility index (Phi) is 22.7. The molecular formula is C54H73Cl3N14O6S2. The molecule has 0 spiro atoms. The zero-order chi connectivity index (χ0) is 57.6. The number of nitrogen functional groups attached to an aromatic ring is 1. The van der Waals surface area contributed by atoms with E-state index < -0.39 is 30.2 Å². The third kappa shape index (κ3) is 17.2. The first-order chi connectivity index (χ1) is 37.5. The van der Waals surface area contributed by atoms with E-state index in [4.69, 9.17) is 50.0 Å². The Morgan fingerprint density at radius 1 is 0.608 bits per heavy atom. The van der Waals surface area contributed by atoms with Crippen molar-refractivity contribution in [1.29, 1.82) is 0 Å². The number of piperidine rings is 2. The Morgan fingerprint density at radius 2 is 1.05 bits per heavy atom. The summed E-state index contributed by atoms with van der Waals surface area (Å²) in [5.74, 6) is 2.18. The number of halogens is 3. The number of nitrogens with one attached hydrogen (secondary N) is 3. The van der Waals surface area contributed by atoms with Gasteiger partial charge >= 0.3 is 0 Å². The van der Waals surface area contributed by atoms with Crippen molar-refractivity contribution in [1.82, 2.24) is 49.5 Å². The predicted molar refractivity (Wildman–Crippen MR) is 316 cm³/mol. The lowest BCUT2D eigenvalue weighted by atomic mass is 10.0. The SMILES string of the molecule is CC(C)S(=O)(=O)c1ncccc1Nc1nc(Cl)ncc1Cl.COc1cc(CN2CCC(N(C)C)CC2)ccc1N.COc1cc(CN2CCC(N(C)C)CC2)ccc1Nc1ncc(Cl)c(Nc2cccnc2S(=O)(=O)C(C)C)n1. The van der Waals surface area contributed by atoms with Crippen molar-refractivity contribution < 1.29 is 26.3 Å². The molecule has 6 aromatic rings. The summed E-state index contributed by atoms with van der Waals surface area (Å²) in [5, 5.41) is 8.13. The van der Waals surface area contributed by atoms with Gasteiger partial charge in [-0.25, -0.2) is 36.8 Å². The minimum atomic E-state index is -3.63. The lowest BCUT2D eigenvalue weighted by Crippen LogP contribution is -2.41. The van der Waals surface area contributed by atoms with Crippen LogP contribution in [0, 0.1) is 0 Å². The van der Waals surface area contributed by atoms with Crippen molar-refractivity contribution in [3.8, 4) is 11.5 Å². The van der Waals surface area contributed by atoms with E-state index in [0.717, 1.165) is 69.5 Å². The standard InChI is InChI=1S/C27H36ClN7O3S.C15H25N3O.C12H12Cl2N4O2S/c1-18(2)39(36,37)26-23(7-6-12-29-26)31-25-21(28)16-30-27(33-25)32-22-9-8-19(15-24(22)38-5)17-35-13-10-20(11-14-35)34(3)4;1-17(2)13-6-8-18(9-7-13)11-12-4-5-14(16)15(10-12)19-3;1-7(2)21(19,20)11-9(4-3-5-15-11)17-10-8(13)6-16-12(14)18-10/h6-9,12,15-16,18,20H,10-11,13-14,17H2,1-5H3,(H2,30,31,32,33);4-5,10,13H,6-9,11,16H2,1-3H3;3-7H,1-2H3,(H,16,17,18). The van der Waals surface area contributed by atoms with Crippen molar-refractivity contribution >= 4 is 94.8 Å². The van der Waals surface area contributed by atoms with Gasteiger partial charge in [0.05, 0.1) is 59.9 Å². The number of aromatic nitrogens is 6. The van der Waals surface area contributed by atoms with E-state index in [0.29, 0.717) is 23.2 Å². The maximum absolute atomic E-state index is 12.8. The molecule has 20 nitrogen and oxygen atoms in total. The van der Waals surface area contributed by atoms with Crippen molar-refractivity contribution in [2.45, 2.75) is 99.1 Å². The second-order valence-electron chi connectivity index (χ2n) is 20.1. The number of methoxy groups -OCH3 is 2. The maximum atomic E-state index is 12.8. The topological polar surface area (TPSA) is 239 Å². The second kappa shape index (κ2) is 28.6. The molecule has 79 heavy (non-hydrogen) atoms. The monoisotopic (exact) mass is 1180 g/mol. The van der Waals surface area contributed by atoms with Gasteiger partial charge in [-0.15, -0.1) is 0 Å². The van der Waals surface area contributed by atoms with E-state index in [-0.39, 0.29) is 54.3 Å². The number of benzene rings is 2. The van der Waals surface area contributed by atoms with Crippen LogP contribution in [0.1, 0.15) is 64.5 Å². The van der Waals surface area contributed by atoms with Crippen LogP contribution in [0.15, 0.2) is 95.5 Å². The van der Waals surface area contributed by atoms with Gasteiger partial charge in [0, 0.05) is 37.6 Å². The van der Waals surface area contributed by atoms with E-state index in [1.54, 1.807) is 66.2 Å². The molecule has 6 heterocycles. The highest BCUT2D eigenvalue weighted by Crippen LogP contribution is 2.33. The summed E-state index contributed by atoms with van der Waals surface area (Å²) in [6, 6.07) is 19.9. The number of hydrogen-bond donors (Lipinski definition) is 4. The molecule has 0 amide bonds. The van der Waals surface area contributed by atoms with E-state index in [2.05, 4.69) is 106 Å². The lowest BCUT2D eigenvalue weighted by molar-refractivity contribution is 0.140. The molecule has 2 fully saturated rings. The summed E-state index contributed by atoms with van der Waals surface area (Å²) >= 11 is 18.0. The number of rotatable bonds is 18. The van der Waals surface area contributed by atoms with Gasteiger partial charge in [0.2, 0.25) is 11.2 Å². The molecular weight excluding hydrogens is 1110 g/mol. The van der Waals surface area contributed by atoms with Crippen LogP contribution in [0.2, 0.25) is 15.3 Å². The molecule has 25 heteroatoms. The molecule has 0 unspecified atom stereocenters. The van der Waals surface area contributed by atoms with Crippen LogP contribution in [0.4, 0.5) is 40.3 Å². The fraction of sp³-hybridized carbons (Fsp3) is 0.444. The molecule has 0 atom stereocenters. The van der Waals surface area contributed by atoms with E-state index >= 15 is 0 Å². The molecule has 2 saturated heterocycles. The average molecular weight is 1180 g/mol. The maximum Gasteiger partial charge on any atom is 0.229 e. The Labute approximate surface area is 480 Å². The number of likely N-dealkylation sites (tertiary alicyclic amines) is 2. The van der Waals surface area contributed by atoms with Crippen LogP contribution in [0.5, 0.6) is 11.5 Å². The van der Waals surface area contributed by atoms with Crippen molar-refractivity contribution in [3.05, 3.63) is 112 Å². The van der Waals surface area contributed by atoms with Gasteiger partial charge in [0.1, 0.15) is 21.5 Å². The molecule has 4 aromatic heterocycles. The molecule has 5 N–H and O–H groups in total. The van der Waals surface area contributed by atoms with Crippen LogP contribution in [-0.2, 0) is 32.8 Å². The summed E-state index contributed by atoms with van der Waals surface area (Å²) in [4.78, 5) is 34.1. The first-order valence-electron chi connectivity index (χ1n) is 25.8. The zero-order valence-electron chi connectivity index (χ0n) is 46.4. The van der Waals surface area contributed by atoms with Crippen LogP contribution in [-0.4, -0.2) is 158 Å². The predicted octanol–water partition coefficient (Wildman–Crippen LogP) is 9.64. The smallest absolute Gasteiger partial charge is 0.229 e. The van der Waals surface area contributed by atoms with E-state index in [1.807, 2.05) is 24.3 Å². The van der Waals surface area contributed by atoms with Gasteiger partial charge in [-0.2, -0.15) is 9.97 Å². The molecule has 8 rings (SSSR count). The fourth-order valence-electron chi connectivity index (χ4n) is 8.69. The Morgan fingerprint density at radius 3 is 1.51 bits per heavy atom. The second-order valence-corrected chi connectivity index (χ2v) is 26.0. The normalized spacial score (nSPS) is 14.8. The highest BCUT2D eigenvalue weighted by atomic mass is 35.5. The molecule has 0 radical (unpaired) electrons. The largest absolute Gasteiger partial charge is 0.495 e. The van der Waals surface area contributed by atoms with Crippen LogP contribution in [0.25, 0.3) is 0 Å². The Balaban J connectivity index is 0.000000212. The van der Waals surface area contributed by atoms with Crippen LogP contribution >= 0.6 is 34.8 Å². The fourth-order valence-corrected chi connectivity index (χ4v) is 11.3. The first-order valence-corrected chi connectivity index (χ1v) is 30.0. The molecule has 0 saturated carbocycles. The minimum absolute atomic E-state index is 0.000873. The van der Waals surface area contributed by atoms with Crippen molar-refractivity contribution in [3.63, 3.8) is 0 Å². The summed E-state index contributed by atoms with van der Waals surface area (Å²) in [6.45, 7) is 12.7. The van der Waals surface area contributed by atoms with E-state index in [1.165, 1.54) is 43.2 Å². The third-order valence-corrected chi connectivity index (χ3v) is 18.4. The number of sulfone groups is 2. The van der Waals surface area contributed by atoms with E-state index in [9.17, 15) is 16.8 Å². The number of pyridine rings is 2. The molecule has 2 aliphatic rings. The summed E-state index contributed by atoms with van der Waals surface area (Å²) in [5.41, 5.74) is 10.2. The third-order valence-electron chi connectivity index (χ3n) is 13.5. The zero-order valence-corrected chi connectivity index (χ0v) is 50.3. The van der Waals surface area contributed by atoms with Crippen molar-refractivity contribution in [2.75, 3.05) is 90.3 Å². The van der Waals surface area contributed by atoms with Gasteiger partial charge in [0.25, 0.3) is 0 Å². The highest BCUT2D eigenvalue weighted by Gasteiger charge is 2.27. The highest BCUT2D eigenvalue weighted by molar-refractivity contribution is 7.92. The number of nitrogens with two attached hydrogens (primary N) is 1. The van der Waals surface area contributed by atoms with Gasteiger partial charge in [-0.05, 0) is 179 Å². The van der Waals surface area contributed by atoms with Crippen LogP contribution < -0.4 is 31.2 Å². The molecule has 0 aliphatic carbocycles. The molecule has 0 bridgehead atoms. The van der Waals surface area contributed by atoms with Gasteiger partial charge < -0.3 is 41.0 Å². The quantitative estimate of drug-likeness (QED) is 0.0462. The summed E-state index contributed by atoms with van der Waals surface area (Å²) < 4.78 is 61.1. The number of anilines is 7. The molecule has 2 aromatic carbocycles. The molecule has 2 aliphatic heterocycles. The van der Waals surface area contributed by atoms with Gasteiger partial charge in [-0.3, -0.25) is 9.80 Å². The minimum Gasteiger partial charge on any atom is -0.495 e. The Bertz CT molecular complexity index is 3200. The number of nitrogens with zero attached hydrogens (tertiary/aromatic N) is 10. The summed E-state index contributed by atoms with van der Waals surface area (Å²) in [7, 11) is 4.76. The van der Waals surface area contributed by atoms with Gasteiger partial charge in [0.15, 0.2) is 41.4 Å². The average Bonchev–Trinajstić information content (AvgIpc) is 3.43.